The number of halogens is 1. The maximum absolute atomic E-state index is 13.2. The summed E-state index contributed by atoms with van der Waals surface area (Å²) in [5.74, 6) is -1.79. The highest BCUT2D eigenvalue weighted by molar-refractivity contribution is 6.30. The van der Waals surface area contributed by atoms with Crippen molar-refractivity contribution in [1.29, 1.82) is 0 Å². The molecular formula is C23H24ClN3O4. The van der Waals surface area contributed by atoms with E-state index in [1.165, 1.54) is 0 Å². The van der Waals surface area contributed by atoms with Crippen LogP contribution in [0.2, 0.25) is 5.02 Å². The van der Waals surface area contributed by atoms with Crippen molar-refractivity contribution in [3.05, 3.63) is 58.9 Å². The number of pyridine rings is 1. The smallest absolute Gasteiger partial charge is 0.308 e. The predicted molar refractivity (Wildman–Crippen MR) is 117 cm³/mol. The van der Waals surface area contributed by atoms with Gasteiger partial charge in [0.2, 0.25) is 0 Å². The van der Waals surface area contributed by atoms with Crippen LogP contribution in [0, 0.1) is 12.8 Å². The van der Waals surface area contributed by atoms with E-state index in [9.17, 15) is 14.7 Å². The van der Waals surface area contributed by atoms with E-state index in [0.717, 1.165) is 22.3 Å². The Morgan fingerprint density at radius 2 is 1.84 bits per heavy atom. The summed E-state index contributed by atoms with van der Waals surface area (Å²) in [6.45, 7) is 2.43. The fourth-order valence-electron chi connectivity index (χ4n) is 4.06. The molecule has 7 nitrogen and oxygen atoms in total. The molecule has 1 amide bonds. The molecule has 0 aliphatic carbocycles. The summed E-state index contributed by atoms with van der Waals surface area (Å²) in [5, 5.41) is 14.7. The van der Waals surface area contributed by atoms with E-state index in [2.05, 4.69) is 5.10 Å². The van der Waals surface area contributed by atoms with Crippen molar-refractivity contribution in [2.75, 3.05) is 20.2 Å². The topological polar surface area (TPSA) is 84.1 Å². The van der Waals surface area contributed by atoms with E-state index >= 15 is 0 Å². The molecule has 162 valence electrons. The average molecular weight is 442 g/mol. The number of carboxylic acids is 1. The number of aromatic nitrogens is 2. The third-order valence-electron chi connectivity index (χ3n) is 5.81. The van der Waals surface area contributed by atoms with Crippen LogP contribution >= 0.6 is 11.6 Å². The zero-order valence-electron chi connectivity index (χ0n) is 17.4. The van der Waals surface area contributed by atoms with Gasteiger partial charge in [-0.3, -0.25) is 9.59 Å². The molecule has 31 heavy (non-hydrogen) atoms. The van der Waals surface area contributed by atoms with E-state index in [-0.39, 0.29) is 24.2 Å². The summed E-state index contributed by atoms with van der Waals surface area (Å²) in [6, 6.07) is 13.3. The number of aryl methyl sites for hydroxylation is 1. The third kappa shape index (κ3) is 4.43. The standard InChI is InChI=1S/C23H24ClN3O4/c1-14-9-17(15-3-6-18(24)7-4-15)10-19-11-21(25-27(14)19)22(28)26-12-16(23(29)30)5-8-20(13-26)31-2/h3-4,6-7,9-11,16,20H,5,8,12-13H2,1-2H3,(H,29,30). The summed E-state index contributed by atoms with van der Waals surface area (Å²) in [5.41, 5.74) is 3.98. The largest absolute Gasteiger partial charge is 0.481 e. The van der Waals surface area contributed by atoms with Gasteiger partial charge in [0, 0.05) is 30.9 Å². The zero-order chi connectivity index (χ0) is 22.1. The molecule has 2 unspecified atom stereocenters. The van der Waals surface area contributed by atoms with Crippen molar-refractivity contribution in [3.63, 3.8) is 0 Å². The van der Waals surface area contributed by atoms with Crippen LogP contribution in [0.4, 0.5) is 0 Å². The number of carbonyl (C=O) groups excluding carboxylic acids is 1. The number of fused-ring (bicyclic) bond motifs is 1. The van der Waals surface area contributed by atoms with Crippen molar-refractivity contribution in [3.8, 4) is 11.1 Å². The predicted octanol–water partition coefficient (Wildman–Crippen LogP) is 3.91. The lowest BCUT2D eigenvalue weighted by molar-refractivity contribution is -0.142. The maximum atomic E-state index is 13.2. The van der Waals surface area contributed by atoms with E-state index in [4.69, 9.17) is 16.3 Å². The fraction of sp³-hybridized carbons (Fsp3) is 0.348. The van der Waals surface area contributed by atoms with Crippen LogP contribution in [0.1, 0.15) is 29.0 Å². The lowest BCUT2D eigenvalue weighted by atomic mass is 10.0. The molecule has 0 spiro atoms. The SMILES string of the molecule is COC1CCC(C(=O)O)CN(C(=O)c2cc3cc(-c4ccc(Cl)cc4)cc(C)n3n2)C1. The molecule has 1 aliphatic heterocycles. The third-order valence-corrected chi connectivity index (χ3v) is 6.06. The second kappa shape index (κ2) is 8.69. The molecule has 1 N–H and O–H groups in total. The van der Waals surface area contributed by atoms with Gasteiger partial charge in [0.25, 0.3) is 5.91 Å². The van der Waals surface area contributed by atoms with Crippen LogP contribution in [0.25, 0.3) is 16.6 Å². The molecule has 4 rings (SSSR count). The van der Waals surface area contributed by atoms with Crippen LogP contribution < -0.4 is 0 Å². The second-order valence-corrected chi connectivity index (χ2v) is 8.38. The minimum atomic E-state index is -0.895. The number of likely N-dealkylation sites (tertiary alicyclic amines) is 1. The number of hydrogen-bond donors (Lipinski definition) is 1. The van der Waals surface area contributed by atoms with Gasteiger partial charge in [-0.15, -0.1) is 0 Å². The van der Waals surface area contributed by atoms with Gasteiger partial charge in [0.1, 0.15) is 0 Å². The number of benzene rings is 1. The maximum Gasteiger partial charge on any atom is 0.308 e. The van der Waals surface area contributed by atoms with Crippen LogP contribution in [0.15, 0.2) is 42.5 Å². The van der Waals surface area contributed by atoms with Crippen LogP contribution in [0.3, 0.4) is 0 Å². The van der Waals surface area contributed by atoms with E-state index in [0.29, 0.717) is 24.4 Å². The lowest BCUT2D eigenvalue weighted by Gasteiger charge is -2.24. The molecule has 0 bridgehead atoms. The Morgan fingerprint density at radius 3 is 2.52 bits per heavy atom. The van der Waals surface area contributed by atoms with E-state index < -0.39 is 11.9 Å². The first kappa shape index (κ1) is 21.3. The number of carboxylic acid groups (broad SMARTS) is 1. The van der Waals surface area contributed by atoms with Crippen LogP contribution in [0.5, 0.6) is 0 Å². The molecule has 0 radical (unpaired) electrons. The highest BCUT2D eigenvalue weighted by Gasteiger charge is 2.32. The van der Waals surface area contributed by atoms with Gasteiger partial charge in [0.15, 0.2) is 5.69 Å². The van der Waals surface area contributed by atoms with E-state index in [1.54, 1.807) is 22.6 Å². The molecular weight excluding hydrogens is 418 g/mol. The monoisotopic (exact) mass is 441 g/mol. The molecule has 1 saturated heterocycles. The van der Waals surface area contributed by atoms with Gasteiger partial charge >= 0.3 is 5.97 Å². The average Bonchev–Trinajstić information content (AvgIpc) is 3.06. The number of amides is 1. The lowest BCUT2D eigenvalue weighted by Crippen LogP contribution is -2.40. The van der Waals surface area contributed by atoms with Gasteiger partial charge in [0.05, 0.1) is 17.5 Å². The van der Waals surface area contributed by atoms with Gasteiger partial charge < -0.3 is 14.7 Å². The Morgan fingerprint density at radius 1 is 1.10 bits per heavy atom. The quantitative estimate of drug-likeness (QED) is 0.663. The molecule has 2 aromatic heterocycles. The number of aliphatic carboxylic acids is 1. The normalized spacial score (nSPS) is 19.4. The number of nitrogens with zero attached hydrogens (tertiary/aromatic N) is 3. The van der Waals surface area contributed by atoms with Crippen molar-refractivity contribution in [2.45, 2.75) is 25.9 Å². The van der Waals surface area contributed by atoms with E-state index in [1.807, 2.05) is 43.3 Å². The molecule has 1 aliphatic rings. The molecule has 1 aromatic carbocycles. The Hall–Kier alpha value is -2.90. The molecule has 1 fully saturated rings. The number of hydrogen-bond acceptors (Lipinski definition) is 4. The zero-order valence-corrected chi connectivity index (χ0v) is 18.2. The summed E-state index contributed by atoms with van der Waals surface area (Å²) < 4.78 is 7.17. The minimum Gasteiger partial charge on any atom is -0.481 e. The first-order chi connectivity index (χ1) is 14.9. The highest BCUT2D eigenvalue weighted by atomic mass is 35.5. The Labute approximate surface area is 185 Å². The number of ether oxygens (including phenoxy) is 1. The van der Waals surface area contributed by atoms with Gasteiger partial charge in [-0.25, -0.2) is 4.52 Å². The Kier molecular flexibility index (Phi) is 5.98. The number of rotatable bonds is 4. The fourth-order valence-corrected chi connectivity index (χ4v) is 4.19. The molecule has 3 aromatic rings. The van der Waals surface area contributed by atoms with Gasteiger partial charge in [-0.05, 0) is 61.2 Å². The Balaban J connectivity index is 1.67. The molecule has 0 saturated carbocycles. The number of carbonyl (C=O) groups is 2. The first-order valence-corrected chi connectivity index (χ1v) is 10.5. The minimum absolute atomic E-state index is 0.150. The van der Waals surface area contributed by atoms with Crippen LogP contribution in [-0.4, -0.2) is 57.8 Å². The molecule has 3 heterocycles. The number of methoxy groups -OCH3 is 1. The second-order valence-electron chi connectivity index (χ2n) is 7.94. The van der Waals surface area contributed by atoms with Gasteiger partial charge in [-0.2, -0.15) is 5.10 Å². The van der Waals surface area contributed by atoms with Crippen molar-refractivity contribution in [2.24, 2.45) is 5.92 Å². The summed E-state index contributed by atoms with van der Waals surface area (Å²) in [4.78, 5) is 26.4. The van der Waals surface area contributed by atoms with Crippen molar-refractivity contribution >= 4 is 29.0 Å². The van der Waals surface area contributed by atoms with Crippen LogP contribution in [-0.2, 0) is 9.53 Å². The van der Waals surface area contributed by atoms with Crippen molar-refractivity contribution < 1.29 is 19.4 Å². The summed E-state index contributed by atoms with van der Waals surface area (Å²) in [6.07, 6.45) is 0.891. The summed E-state index contributed by atoms with van der Waals surface area (Å²) in [7, 11) is 1.58. The highest BCUT2D eigenvalue weighted by Crippen LogP contribution is 2.26. The van der Waals surface area contributed by atoms with Crippen molar-refractivity contribution in [1.82, 2.24) is 14.5 Å². The molecule has 2 atom stereocenters. The summed E-state index contributed by atoms with van der Waals surface area (Å²) >= 11 is 6.00. The Bertz CT molecular complexity index is 1130. The first-order valence-electron chi connectivity index (χ1n) is 10.2. The molecule has 8 heteroatoms. The van der Waals surface area contributed by atoms with Gasteiger partial charge in [-0.1, -0.05) is 23.7 Å².